The predicted molar refractivity (Wildman–Crippen MR) is 117 cm³/mol. The summed E-state index contributed by atoms with van der Waals surface area (Å²) in [5.74, 6) is 3.03. The Morgan fingerprint density at radius 1 is 1.13 bits per heavy atom. The van der Waals surface area contributed by atoms with E-state index in [-0.39, 0.29) is 18.0 Å². The first kappa shape index (κ1) is 21.3. The molecule has 1 amide bonds. The molecule has 7 nitrogen and oxygen atoms in total. The zero-order valence-electron chi connectivity index (χ0n) is 18.3. The third-order valence-corrected chi connectivity index (χ3v) is 5.94. The molecule has 1 N–H and O–H groups in total. The van der Waals surface area contributed by atoms with Gasteiger partial charge < -0.3 is 24.3 Å². The van der Waals surface area contributed by atoms with Crippen LogP contribution >= 0.6 is 0 Å². The van der Waals surface area contributed by atoms with Gasteiger partial charge in [-0.15, -0.1) is 0 Å². The number of amides is 1. The summed E-state index contributed by atoms with van der Waals surface area (Å²) in [6, 6.07) is 11.7. The van der Waals surface area contributed by atoms with Gasteiger partial charge in [-0.3, -0.25) is 9.69 Å². The van der Waals surface area contributed by atoms with E-state index < -0.39 is 0 Å². The van der Waals surface area contributed by atoms with Crippen LogP contribution in [0.3, 0.4) is 0 Å². The molecule has 31 heavy (non-hydrogen) atoms. The molecule has 7 heteroatoms. The number of methoxy groups -OCH3 is 2. The molecule has 0 aromatic heterocycles. The number of ether oxygens (including phenoxy) is 4. The number of rotatable bonds is 7. The first-order valence-corrected chi connectivity index (χ1v) is 10.7. The SMILES string of the molecule is COc1ccc(OC)c([C@@H](C)NC(=O)CN2CCC[C@@H]2c2ccc3c(c2)OCCO3)c1. The predicted octanol–water partition coefficient (Wildman–Crippen LogP) is 3.49. The van der Waals surface area contributed by atoms with Crippen LogP contribution in [0.1, 0.15) is 43.0 Å². The van der Waals surface area contributed by atoms with E-state index in [1.165, 1.54) is 0 Å². The van der Waals surface area contributed by atoms with Crippen molar-refractivity contribution in [2.75, 3.05) is 40.5 Å². The fourth-order valence-corrected chi connectivity index (χ4v) is 4.39. The van der Waals surface area contributed by atoms with Crippen LogP contribution in [0.15, 0.2) is 36.4 Å². The van der Waals surface area contributed by atoms with Crippen LogP contribution in [0.5, 0.6) is 23.0 Å². The average molecular weight is 427 g/mol. The Bertz CT molecular complexity index is 932. The first-order chi connectivity index (χ1) is 15.1. The summed E-state index contributed by atoms with van der Waals surface area (Å²) >= 11 is 0. The van der Waals surface area contributed by atoms with E-state index in [1.807, 2.05) is 31.2 Å². The topological polar surface area (TPSA) is 69.3 Å². The molecule has 1 fully saturated rings. The molecule has 2 aromatic rings. The number of hydrogen-bond donors (Lipinski definition) is 1. The quantitative estimate of drug-likeness (QED) is 0.731. The molecule has 1 saturated heterocycles. The number of hydrogen-bond acceptors (Lipinski definition) is 6. The van der Waals surface area contributed by atoms with Crippen molar-refractivity contribution in [3.8, 4) is 23.0 Å². The molecular weight excluding hydrogens is 396 g/mol. The Morgan fingerprint density at radius 2 is 1.94 bits per heavy atom. The molecule has 0 aliphatic carbocycles. The van der Waals surface area contributed by atoms with E-state index in [0.717, 1.165) is 53.5 Å². The Kier molecular flexibility index (Phi) is 6.51. The van der Waals surface area contributed by atoms with Gasteiger partial charge in [0.1, 0.15) is 24.7 Å². The van der Waals surface area contributed by atoms with Crippen molar-refractivity contribution in [2.24, 2.45) is 0 Å². The van der Waals surface area contributed by atoms with E-state index in [1.54, 1.807) is 14.2 Å². The third kappa shape index (κ3) is 4.71. The van der Waals surface area contributed by atoms with Gasteiger partial charge >= 0.3 is 0 Å². The number of carbonyl (C=O) groups is 1. The maximum absolute atomic E-state index is 12.9. The van der Waals surface area contributed by atoms with Crippen LogP contribution in [0.2, 0.25) is 0 Å². The second-order valence-corrected chi connectivity index (χ2v) is 7.93. The lowest BCUT2D eigenvalue weighted by Crippen LogP contribution is -2.38. The molecule has 0 bridgehead atoms. The highest BCUT2D eigenvalue weighted by Crippen LogP contribution is 2.38. The highest BCUT2D eigenvalue weighted by molar-refractivity contribution is 5.78. The normalized spacial score (nSPS) is 19.0. The van der Waals surface area contributed by atoms with Gasteiger partial charge in [-0.25, -0.2) is 0 Å². The maximum Gasteiger partial charge on any atom is 0.234 e. The van der Waals surface area contributed by atoms with Gasteiger partial charge in [-0.05, 0) is 62.2 Å². The van der Waals surface area contributed by atoms with Crippen LogP contribution in [0.25, 0.3) is 0 Å². The van der Waals surface area contributed by atoms with E-state index in [9.17, 15) is 4.79 Å². The zero-order valence-corrected chi connectivity index (χ0v) is 18.3. The van der Waals surface area contributed by atoms with Gasteiger partial charge in [0.15, 0.2) is 11.5 Å². The molecule has 0 radical (unpaired) electrons. The van der Waals surface area contributed by atoms with Crippen molar-refractivity contribution in [3.05, 3.63) is 47.5 Å². The second kappa shape index (κ2) is 9.47. The van der Waals surface area contributed by atoms with Crippen molar-refractivity contribution in [1.82, 2.24) is 10.2 Å². The van der Waals surface area contributed by atoms with E-state index in [4.69, 9.17) is 18.9 Å². The molecule has 2 atom stereocenters. The van der Waals surface area contributed by atoms with Crippen LogP contribution in [0, 0.1) is 0 Å². The minimum atomic E-state index is -0.201. The number of benzene rings is 2. The van der Waals surface area contributed by atoms with Gasteiger partial charge in [-0.1, -0.05) is 6.07 Å². The number of likely N-dealkylation sites (tertiary alicyclic amines) is 1. The molecule has 166 valence electrons. The average Bonchev–Trinajstić information content (AvgIpc) is 3.26. The number of carbonyl (C=O) groups excluding carboxylic acids is 1. The van der Waals surface area contributed by atoms with Crippen LogP contribution in [-0.2, 0) is 4.79 Å². The summed E-state index contributed by atoms with van der Waals surface area (Å²) in [6.45, 7) is 4.34. The Morgan fingerprint density at radius 3 is 2.71 bits per heavy atom. The van der Waals surface area contributed by atoms with Gasteiger partial charge in [-0.2, -0.15) is 0 Å². The molecular formula is C24H30N2O5. The van der Waals surface area contributed by atoms with Crippen molar-refractivity contribution < 1.29 is 23.7 Å². The van der Waals surface area contributed by atoms with Gasteiger partial charge in [0, 0.05) is 11.6 Å². The zero-order chi connectivity index (χ0) is 21.8. The molecule has 2 aromatic carbocycles. The summed E-state index contributed by atoms with van der Waals surface area (Å²) in [5, 5.41) is 3.11. The number of fused-ring (bicyclic) bond motifs is 1. The van der Waals surface area contributed by atoms with Crippen LogP contribution < -0.4 is 24.3 Å². The minimum Gasteiger partial charge on any atom is -0.497 e. The standard InChI is InChI=1S/C24H30N2O5/c1-16(19-14-18(28-2)7-9-21(19)29-3)25-24(27)15-26-10-4-5-20(26)17-6-8-22-23(13-17)31-12-11-30-22/h6-9,13-14,16,20H,4-5,10-12,15H2,1-3H3,(H,25,27)/t16-,20-/m1/s1. The van der Waals surface area contributed by atoms with E-state index >= 15 is 0 Å². The fourth-order valence-electron chi connectivity index (χ4n) is 4.39. The monoisotopic (exact) mass is 426 g/mol. The Labute approximate surface area is 183 Å². The molecule has 0 saturated carbocycles. The van der Waals surface area contributed by atoms with Gasteiger partial charge in [0.2, 0.25) is 5.91 Å². The Balaban J connectivity index is 1.42. The van der Waals surface area contributed by atoms with Crippen molar-refractivity contribution in [2.45, 2.75) is 31.8 Å². The van der Waals surface area contributed by atoms with E-state index in [2.05, 4.69) is 22.3 Å². The summed E-state index contributed by atoms with van der Waals surface area (Å²) in [7, 11) is 3.25. The maximum atomic E-state index is 12.9. The molecule has 0 unspecified atom stereocenters. The summed E-state index contributed by atoms with van der Waals surface area (Å²) in [5.41, 5.74) is 2.05. The summed E-state index contributed by atoms with van der Waals surface area (Å²) in [6.07, 6.45) is 2.08. The highest BCUT2D eigenvalue weighted by atomic mass is 16.6. The second-order valence-electron chi connectivity index (χ2n) is 7.93. The smallest absolute Gasteiger partial charge is 0.234 e. The van der Waals surface area contributed by atoms with Crippen molar-refractivity contribution >= 4 is 5.91 Å². The van der Waals surface area contributed by atoms with Gasteiger partial charge in [0.25, 0.3) is 0 Å². The molecule has 2 heterocycles. The van der Waals surface area contributed by atoms with Crippen LogP contribution in [0.4, 0.5) is 0 Å². The summed E-state index contributed by atoms with van der Waals surface area (Å²) in [4.78, 5) is 15.1. The molecule has 4 rings (SSSR count). The lowest BCUT2D eigenvalue weighted by molar-refractivity contribution is -0.123. The number of nitrogens with zero attached hydrogens (tertiary/aromatic N) is 1. The highest BCUT2D eigenvalue weighted by Gasteiger charge is 2.29. The Hall–Kier alpha value is -2.93. The van der Waals surface area contributed by atoms with Crippen molar-refractivity contribution in [1.29, 1.82) is 0 Å². The largest absolute Gasteiger partial charge is 0.497 e. The third-order valence-electron chi connectivity index (χ3n) is 5.94. The number of nitrogens with one attached hydrogen (secondary N) is 1. The lowest BCUT2D eigenvalue weighted by Gasteiger charge is -2.27. The van der Waals surface area contributed by atoms with Crippen LogP contribution in [-0.4, -0.2) is 51.3 Å². The minimum absolute atomic E-state index is 0.0122. The van der Waals surface area contributed by atoms with E-state index in [0.29, 0.717) is 19.8 Å². The summed E-state index contributed by atoms with van der Waals surface area (Å²) < 4.78 is 22.2. The molecule has 0 spiro atoms. The van der Waals surface area contributed by atoms with Gasteiger partial charge in [0.05, 0.1) is 26.8 Å². The molecule has 2 aliphatic heterocycles. The van der Waals surface area contributed by atoms with Crippen molar-refractivity contribution in [3.63, 3.8) is 0 Å². The first-order valence-electron chi connectivity index (χ1n) is 10.7. The lowest BCUT2D eigenvalue weighted by atomic mass is 10.0. The molecule has 2 aliphatic rings. The fraction of sp³-hybridized carbons (Fsp3) is 0.458.